The van der Waals surface area contributed by atoms with E-state index in [0.29, 0.717) is 6.42 Å². The molecule has 20 heavy (non-hydrogen) atoms. The molecule has 1 rings (SSSR count). The average Bonchev–Trinajstić information content (AvgIpc) is 2.30. The molecule has 0 bridgehead atoms. The van der Waals surface area contributed by atoms with Gasteiger partial charge in [-0.15, -0.1) is 6.58 Å². The standard InChI is InChI=1S/C16H24F2OSi/c1-7-9-14(19-20(5,6)16(2,3)4)12-10-8-11-13(17)15(12)18/h7-8,10-11,14H,1,9H2,2-6H3. The third-order valence-corrected chi connectivity index (χ3v) is 8.44. The van der Waals surface area contributed by atoms with Gasteiger partial charge >= 0.3 is 0 Å². The molecule has 0 heterocycles. The summed E-state index contributed by atoms with van der Waals surface area (Å²) in [6.07, 6.45) is 1.67. The van der Waals surface area contributed by atoms with Crippen molar-refractivity contribution in [2.24, 2.45) is 0 Å². The molecule has 0 saturated heterocycles. The summed E-state index contributed by atoms with van der Waals surface area (Å²) >= 11 is 0. The molecule has 0 aliphatic carbocycles. The third-order valence-electron chi connectivity index (χ3n) is 3.95. The second kappa shape index (κ2) is 6.18. The maximum atomic E-state index is 14.0. The van der Waals surface area contributed by atoms with E-state index in [2.05, 4.69) is 40.4 Å². The van der Waals surface area contributed by atoms with Gasteiger partial charge in [-0.25, -0.2) is 8.78 Å². The fourth-order valence-corrected chi connectivity index (χ4v) is 2.98. The Balaban J connectivity index is 3.13. The van der Waals surface area contributed by atoms with Gasteiger partial charge in [0.1, 0.15) is 0 Å². The Morgan fingerprint density at radius 3 is 2.40 bits per heavy atom. The van der Waals surface area contributed by atoms with Gasteiger partial charge in [0.05, 0.1) is 6.10 Å². The van der Waals surface area contributed by atoms with Gasteiger partial charge in [0, 0.05) is 5.56 Å². The highest BCUT2D eigenvalue weighted by atomic mass is 28.4. The molecule has 1 aromatic rings. The molecule has 112 valence electrons. The van der Waals surface area contributed by atoms with E-state index in [0.717, 1.165) is 6.07 Å². The largest absolute Gasteiger partial charge is 0.410 e. The molecule has 1 nitrogen and oxygen atoms in total. The first kappa shape index (κ1) is 17.0. The van der Waals surface area contributed by atoms with Gasteiger partial charge in [-0.2, -0.15) is 0 Å². The lowest BCUT2D eigenvalue weighted by Crippen LogP contribution is -2.42. The number of hydrogen-bond donors (Lipinski definition) is 0. The normalized spacial score (nSPS) is 14.2. The molecule has 0 N–H and O–H groups in total. The maximum Gasteiger partial charge on any atom is 0.192 e. The van der Waals surface area contributed by atoms with E-state index in [1.165, 1.54) is 6.07 Å². The van der Waals surface area contributed by atoms with Crippen LogP contribution in [-0.4, -0.2) is 8.32 Å². The van der Waals surface area contributed by atoms with E-state index in [1.807, 2.05) is 0 Å². The van der Waals surface area contributed by atoms with Crippen molar-refractivity contribution in [3.05, 3.63) is 48.1 Å². The smallest absolute Gasteiger partial charge is 0.192 e. The Morgan fingerprint density at radius 2 is 1.90 bits per heavy atom. The van der Waals surface area contributed by atoms with Gasteiger partial charge in [-0.05, 0) is 30.6 Å². The second-order valence-corrected chi connectivity index (χ2v) is 11.3. The summed E-state index contributed by atoms with van der Waals surface area (Å²) in [7, 11) is -2.07. The summed E-state index contributed by atoms with van der Waals surface area (Å²) in [4.78, 5) is 0. The molecule has 0 fully saturated rings. The highest BCUT2D eigenvalue weighted by molar-refractivity contribution is 6.74. The number of benzene rings is 1. The predicted octanol–water partition coefficient (Wildman–Crippen LogP) is 5.60. The van der Waals surface area contributed by atoms with E-state index >= 15 is 0 Å². The Bertz CT molecular complexity index is 478. The Hall–Kier alpha value is -1.00. The van der Waals surface area contributed by atoms with Crippen LogP contribution in [0.3, 0.4) is 0 Å². The Labute approximate surface area is 121 Å². The summed E-state index contributed by atoms with van der Waals surface area (Å²) in [6, 6.07) is 4.22. The summed E-state index contributed by atoms with van der Waals surface area (Å²) in [5, 5.41) is 0.0101. The molecule has 0 amide bonds. The van der Waals surface area contributed by atoms with E-state index in [9.17, 15) is 8.78 Å². The van der Waals surface area contributed by atoms with Crippen LogP contribution in [0.25, 0.3) is 0 Å². The second-order valence-electron chi connectivity index (χ2n) is 6.53. The summed E-state index contributed by atoms with van der Waals surface area (Å²) in [5.41, 5.74) is 0.273. The fourth-order valence-electron chi connectivity index (χ4n) is 1.69. The number of hydrogen-bond acceptors (Lipinski definition) is 1. The first-order chi connectivity index (χ1) is 9.10. The first-order valence-electron chi connectivity index (χ1n) is 6.83. The molecular weight excluding hydrogens is 274 g/mol. The van der Waals surface area contributed by atoms with E-state index in [4.69, 9.17) is 4.43 Å². The minimum absolute atomic E-state index is 0.0101. The molecule has 1 aromatic carbocycles. The van der Waals surface area contributed by atoms with Gasteiger partial charge in [-0.1, -0.05) is 39.0 Å². The minimum atomic E-state index is -2.07. The van der Waals surface area contributed by atoms with Crippen molar-refractivity contribution in [2.45, 2.75) is 51.4 Å². The van der Waals surface area contributed by atoms with Crippen LogP contribution in [0.15, 0.2) is 30.9 Å². The molecule has 4 heteroatoms. The quantitative estimate of drug-likeness (QED) is 0.507. The van der Waals surface area contributed by atoms with Crippen molar-refractivity contribution in [1.29, 1.82) is 0 Å². The van der Waals surface area contributed by atoms with E-state index in [1.54, 1.807) is 12.1 Å². The van der Waals surface area contributed by atoms with Crippen LogP contribution in [0.4, 0.5) is 8.78 Å². The highest BCUT2D eigenvalue weighted by Crippen LogP contribution is 2.41. The van der Waals surface area contributed by atoms with Gasteiger partial charge in [0.25, 0.3) is 0 Å². The molecule has 0 aliphatic heterocycles. The topological polar surface area (TPSA) is 9.23 Å². The van der Waals surface area contributed by atoms with Crippen LogP contribution in [0.2, 0.25) is 18.1 Å². The predicted molar refractivity (Wildman–Crippen MR) is 82.2 cm³/mol. The van der Waals surface area contributed by atoms with Crippen LogP contribution >= 0.6 is 0 Å². The van der Waals surface area contributed by atoms with Crippen molar-refractivity contribution >= 4 is 8.32 Å². The maximum absolute atomic E-state index is 14.0. The molecule has 0 aromatic heterocycles. The van der Waals surface area contributed by atoms with Crippen molar-refractivity contribution in [1.82, 2.24) is 0 Å². The van der Waals surface area contributed by atoms with E-state index < -0.39 is 26.1 Å². The van der Waals surface area contributed by atoms with Gasteiger partial charge in [0.2, 0.25) is 0 Å². The van der Waals surface area contributed by atoms with Crippen LogP contribution in [0.1, 0.15) is 38.9 Å². The van der Waals surface area contributed by atoms with E-state index in [-0.39, 0.29) is 10.6 Å². The lowest BCUT2D eigenvalue weighted by molar-refractivity contribution is 0.181. The lowest BCUT2D eigenvalue weighted by atomic mass is 10.1. The SMILES string of the molecule is C=CCC(O[Si](C)(C)C(C)(C)C)c1cccc(F)c1F. The summed E-state index contributed by atoms with van der Waals surface area (Å²) in [6.45, 7) is 14.2. The van der Waals surface area contributed by atoms with Crippen molar-refractivity contribution in [3.8, 4) is 0 Å². The van der Waals surface area contributed by atoms with Gasteiger partial charge in [0.15, 0.2) is 20.0 Å². The third kappa shape index (κ3) is 3.76. The van der Waals surface area contributed by atoms with Crippen molar-refractivity contribution < 1.29 is 13.2 Å². The summed E-state index contributed by atoms with van der Waals surface area (Å²) < 4.78 is 33.6. The van der Waals surface area contributed by atoms with Crippen molar-refractivity contribution in [3.63, 3.8) is 0 Å². The number of rotatable bonds is 5. The molecule has 0 saturated carbocycles. The summed E-state index contributed by atoms with van der Waals surface area (Å²) in [5.74, 6) is -1.66. The zero-order chi connectivity index (χ0) is 15.6. The zero-order valence-electron chi connectivity index (χ0n) is 13.0. The fraction of sp³-hybridized carbons (Fsp3) is 0.500. The van der Waals surface area contributed by atoms with Crippen LogP contribution in [-0.2, 0) is 4.43 Å². The Morgan fingerprint density at radius 1 is 1.30 bits per heavy atom. The molecular formula is C16H24F2OSi. The van der Waals surface area contributed by atoms with Crippen LogP contribution < -0.4 is 0 Å². The lowest BCUT2D eigenvalue weighted by Gasteiger charge is -2.39. The van der Waals surface area contributed by atoms with Gasteiger partial charge < -0.3 is 4.43 Å². The average molecular weight is 298 g/mol. The molecule has 0 spiro atoms. The monoisotopic (exact) mass is 298 g/mol. The van der Waals surface area contributed by atoms with Crippen LogP contribution in [0.5, 0.6) is 0 Å². The first-order valence-corrected chi connectivity index (χ1v) is 9.73. The van der Waals surface area contributed by atoms with Crippen LogP contribution in [0, 0.1) is 11.6 Å². The number of halogens is 2. The zero-order valence-corrected chi connectivity index (χ0v) is 14.0. The molecule has 0 aliphatic rings. The molecule has 1 unspecified atom stereocenters. The Kier molecular flexibility index (Phi) is 5.27. The minimum Gasteiger partial charge on any atom is -0.410 e. The highest BCUT2D eigenvalue weighted by Gasteiger charge is 2.39. The molecule has 1 atom stereocenters. The van der Waals surface area contributed by atoms with Gasteiger partial charge in [-0.3, -0.25) is 0 Å². The molecule has 0 radical (unpaired) electrons. The van der Waals surface area contributed by atoms with Crippen molar-refractivity contribution in [2.75, 3.05) is 0 Å².